The quantitative estimate of drug-likeness (QED) is 0.573. The molecule has 0 radical (unpaired) electrons. The number of amides is 1. The molecule has 5 heteroatoms. The third-order valence-electron chi connectivity index (χ3n) is 2.01. The van der Waals surface area contributed by atoms with E-state index in [1.54, 1.807) is 6.26 Å². The van der Waals surface area contributed by atoms with Crippen LogP contribution in [-0.2, 0) is 15.6 Å². The van der Waals surface area contributed by atoms with Crippen LogP contribution < -0.4 is 10.6 Å². The summed E-state index contributed by atoms with van der Waals surface area (Å²) in [5.74, 6) is 0.780. The lowest BCUT2D eigenvalue weighted by atomic mass is 10.4. The van der Waals surface area contributed by atoms with E-state index in [9.17, 15) is 9.00 Å². The lowest BCUT2D eigenvalue weighted by Crippen LogP contribution is -2.35. The first-order chi connectivity index (χ1) is 6.68. The van der Waals surface area contributed by atoms with Crippen LogP contribution in [0, 0.1) is 0 Å². The van der Waals surface area contributed by atoms with E-state index in [0.29, 0.717) is 18.3 Å². The Morgan fingerprint density at radius 3 is 2.79 bits per heavy atom. The van der Waals surface area contributed by atoms with E-state index >= 15 is 0 Å². The predicted molar refractivity (Wildman–Crippen MR) is 57.6 cm³/mol. The van der Waals surface area contributed by atoms with Gasteiger partial charge in [0.25, 0.3) is 0 Å². The summed E-state index contributed by atoms with van der Waals surface area (Å²) in [6.07, 6.45) is 4.81. The van der Waals surface area contributed by atoms with Crippen LogP contribution in [0.25, 0.3) is 0 Å². The SMILES string of the molecule is CS(=O)CCCNCC(=O)NC1CC1. The van der Waals surface area contributed by atoms with Gasteiger partial charge in [-0.3, -0.25) is 9.00 Å². The molecule has 1 rings (SSSR count). The van der Waals surface area contributed by atoms with Crippen LogP contribution in [0.4, 0.5) is 0 Å². The summed E-state index contributed by atoms with van der Waals surface area (Å²) in [6.45, 7) is 1.14. The zero-order valence-electron chi connectivity index (χ0n) is 8.54. The highest BCUT2D eigenvalue weighted by molar-refractivity contribution is 7.84. The van der Waals surface area contributed by atoms with Crippen LogP contribution in [0.5, 0.6) is 0 Å². The lowest BCUT2D eigenvalue weighted by molar-refractivity contribution is -0.120. The second-order valence-corrected chi connectivity index (χ2v) is 5.20. The molecule has 1 amide bonds. The van der Waals surface area contributed by atoms with Gasteiger partial charge in [0.1, 0.15) is 0 Å². The molecular formula is C9H18N2O2S. The summed E-state index contributed by atoms with van der Waals surface area (Å²) >= 11 is 0. The summed E-state index contributed by atoms with van der Waals surface area (Å²) < 4.78 is 10.7. The normalized spacial score (nSPS) is 17.8. The van der Waals surface area contributed by atoms with E-state index in [0.717, 1.165) is 25.8 Å². The van der Waals surface area contributed by atoms with Gasteiger partial charge in [-0.05, 0) is 25.8 Å². The van der Waals surface area contributed by atoms with Crippen LogP contribution in [-0.4, -0.2) is 41.3 Å². The molecule has 4 nitrogen and oxygen atoms in total. The largest absolute Gasteiger partial charge is 0.352 e. The minimum Gasteiger partial charge on any atom is -0.352 e. The van der Waals surface area contributed by atoms with Crippen molar-refractivity contribution in [2.24, 2.45) is 0 Å². The topological polar surface area (TPSA) is 58.2 Å². The fourth-order valence-electron chi connectivity index (χ4n) is 1.11. The van der Waals surface area contributed by atoms with E-state index in [1.165, 1.54) is 0 Å². The molecule has 0 aromatic carbocycles. The molecule has 1 aliphatic rings. The predicted octanol–water partition coefficient (Wildman–Crippen LogP) is -0.377. The second kappa shape index (κ2) is 6.14. The van der Waals surface area contributed by atoms with Crippen LogP contribution in [0.3, 0.4) is 0 Å². The first kappa shape index (κ1) is 11.7. The zero-order valence-corrected chi connectivity index (χ0v) is 9.36. The molecule has 1 atom stereocenters. The minimum absolute atomic E-state index is 0.0742. The second-order valence-electron chi connectivity index (χ2n) is 3.65. The number of carbonyl (C=O) groups excluding carboxylic acids is 1. The van der Waals surface area contributed by atoms with Gasteiger partial charge in [0.15, 0.2) is 0 Å². The summed E-state index contributed by atoms with van der Waals surface area (Å²) in [5.41, 5.74) is 0. The third kappa shape index (κ3) is 6.10. The number of rotatable bonds is 7. The summed E-state index contributed by atoms with van der Waals surface area (Å²) in [7, 11) is -0.719. The Bertz CT molecular complexity index is 217. The van der Waals surface area contributed by atoms with Gasteiger partial charge in [0.05, 0.1) is 6.54 Å². The Hall–Kier alpha value is -0.420. The molecule has 1 aliphatic carbocycles. The van der Waals surface area contributed by atoms with Gasteiger partial charge in [-0.15, -0.1) is 0 Å². The molecule has 0 spiro atoms. The van der Waals surface area contributed by atoms with Crippen molar-refractivity contribution in [3.63, 3.8) is 0 Å². The molecule has 0 aliphatic heterocycles. The third-order valence-corrected chi connectivity index (χ3v) is 2.88. The molecule has 0 bridgehead atoms. The summed E-state index contributed by atoms with van der Waals surface area (Å²) in [4.78, 5) is 11.2. The molecule has 14 heavy (non-hydrogen) atoms. The fraction of sp³-hybridized carbons (Fsp3) is 0.889. The molecule has 2 N–H and O–H groups in total. The van der Waals surface area contributed by atoms with Gasteiger partial charge >= 0.3 is 0 Å². The molecular weight excluding hydrogens is 200 g/mol. The van der Waals surface area contributed by atoms with Crippen molar-refractivity contribution >= 4 is 16.7 Å². The Morgan fingerprint density at radius 1 is 1.50 bits per heavy atom. The number of hydrogen-bond acceptors (Lipinski definition) is 3. The van der Waals surface area contributed by atoms with Crippen molar-refractivity contribution in [3.8, 4) is 0 Å². The maximum absolute atomic E-state index is 11.2. The van der Waals surface area contributed by atoms with Crippen molar-refractivity contribution in [1.82, 2.24) is 10.6 Å². The van der Waals surface area contributed by atoms with E-state index < -0.39 is 10.8 Å². The molecule has 0 heterocycles. The van der Waals surface area contributed by atoms with E-state index in [2.05, 4.69) is 10.6 Å². The van der Waals surface area contributed by atoms with E-state index in [4.69, 9.17) is 0 Å². The van der Waals surface area contributed by atoms with Gasteiger partial charge in [-0.2, -0.15) is 0 Å². The minimum atomic E-state index is -0.719. The van der Waals surface area contributed by atoms with Crippen molar-refractivity contribution in [3.05, 3.63) is 0 Å². The fourth-order valence-corrected chi connectivity index (χ4v) is 1.66. The van der Waals surface area contributed by atoms with Crippen molar-refractivity contribution in [2.45, 2.75) is 25.3 Å². The monoisotopic (exact) mass is 218 g/mol. The van der Waals surface area contributed by atoms with Crippen molar-refractivity contribution in [1.29, 1.82) is 0 Å². The smallest absolute Gasteiger partial charge is 0.234 e. The first-order valence-corrected chi connectivity index (χ1v) is 6.71. The van der Waals surface area contributed by atoms with Gasteiger partial charge in [-0.1, -0.05) is 0 Å². The van der Waals surface area contributed by atoms with Crippen LogP contribution in [0.2, 0.25) is 0 Å². The standard InChI is InChI=1S/C9H18N2O2S/c1-14(13)6-2-5-10-7-9(12)11-8-3-4-8/h8,10H,2-7H2,1H3,(H,11,12). The number of hydrogen-bond donors (Lipinski definition) is 2. The van der Waals surface area contributed by atoms with Gasteiger partial charge in [0.2, 0.25) is 5.91 Å². The molecule has 1 saturated carbocycles. The van der Waals surface area contributed by atoms with Gasteiger partial charge in [0, 0.05) is 28.9 Å². The summed E-state index contributed by atoms with van der Waals surface area (Å²) in [5, 5.41) is 5.92. The van der Waals surface area contributed by atoms with Crippen molar-refractivity contribution in [2.75, 3.05) is 25.1 Å². The molecule has 82 valence electrons. The molecule has 0 saturated heterocycles. The van der Waals surface area contributed by atoms with Crippen LogP contribution in [0.15, 0.2) is 0 Å². The molecule has 0 aromatic rings. The van der Waals surface area contributed by atoms with E-state index in [-0.39, 0.29) is 5.91 Å². The number of nitrogens with one attached hydrogen (secondary N) is 2. The Balaban J connectivity index is 1.87. The summed E-state index contributed by atoms with van der Waals surface area (Å²) in [6, 6.07) is 0.437. The highest BCUT2D eigenvalue weighted by Gasteiger charge is 2.22. The average molecular weight is 218 g/mol. The van der Waals surface area contributed by atoms with E-state index in [1.807, 2.05) is 0 Å². The molecule has 1 unspecified atom stereocenters. The van der Waals surface area contributed by atoms with Crippen molar-refractivity contribution < 1.29 is 9.00 Å². The van der Waals surface area contributed by atoms with Gasteiger partial charge < -0.3 is 10.6 Å². The lowest BCUT2D eigenvalue weighted by Gasteiger charge is -2.04. The van der Waals surface area contributed by atoms with Crippen LogP contribution >= 0.6 is 0 Å². The Kier molecular flexibility index (Phi) is 5.11. The first-order valence-electron chi connectivity index (χ1n) is 4.98. The molecule has 0 aromatic heterocycles. The van der Waals surface area contributed by atoms with Gasteiger partial charge in [-0.25, -0.2) is 0 Å². The number of carbonyl (C=O) groups is 1. The Labute approximate surface area is 87.3 Å². The van der Waals surface area contributed by atoms with Crippen LogP contribution in [0.1, 0.15) is 19.3 Å². The maximum atomic E-state index is 11.2. The Morgan fingerprint density at radius 2 is 2.21 bits per heavy atom. The zero-order chi connectivity index (χ0) is 10.4. The average Bonchev–Trinajstić information content (AvgIpc) is 2.87. The highest BCUT2D eigenvalue weighted by atomic mass is 32.2. The highest BCUT2D eigenvalue weighted by Crippen LogP contribution is 2.17. The maximum Gasteiger partial charge on any atom is 0.234 e. The molecule has 1 fully saturated rings.